The number of rotatable bonds is 6. The Balaban J connectivity index is 2.34. The molecule has 0 aliphatic carbocycles. The molecule has 0 saturated carbocycles. The normalized spacial score (nSPS) is 10.5. The summed E-state index contributed by atoms with van der Waals surface area (Å²) in [7, 11) is 0. The summed E-state index contributed by atoms with van der Waals surface area (Å²) in [6.45, 7) is 2.21. The number of benzene rings is 1. The molecular formula is C13H19ClO. The molecule has 0 atom stereocenters. The summed E-state index contributed by atoms with van der Waals surface area (Å²) < 4.78 is 0. The van der Waals surface area contributed by atoms with Gasteiger partial charge in [-0.05, 0) is 24.5 Å². The van der Waals surface area contributed by atoms with E-state index in [-0.39, 0.29) is 5.75 Å². The Morgan fingerprint density at radius 3 is 2.60 bits per heavy atom. The van der Waals surface area contributed by atoms with Gasteiger partial charge in [0, 0.05) is 0 Å². The highest BCUT2D eigenvalue weighted by molar-refractivity contribution is 6.32. The highest BCUT2D eigenvalue weighted by Gasteiger charge is 2.03. The minimum atomic E-state index is 0.197. The molecule has 0 aliphatic rings. The summed E-state index contributed by atoms with van der Waals surface area (Å²) in [6, 6.07) is 5.47. The zero-order chi connectivity index (χ0) is 11.1. The van der Waals surface area contributed by atoms with E-state index in [0.29, 0.717) is 5.02 Å². The summed E-state index contributed by atoms with van der Waals surface area (Å²) in [5.41, 5.74) is 1.06. The molecule has 0 saturated heterocycles. The van der Waals surface area contributed by atoms with E-state index in [9.17, 15) is 5.11 Å². The highest BCUT2D eigenvalue weighted by Crippen LogP contribution is 2.27. The first-order chi connectivity index (χ1) is 7.25. The van der Waals surface area contributed by atoms with Crippen molar-refractivity contribution in [3.05, 3.63) is 28.8 Å². The molecular weight excluding hydrogens is 208 g/mol. The van der Waals surface area contributed by atoms with Crippen molar-refractivity contribution in [3.8, 4) is 5.75 Å². The quantitative estimate of drug-likeness (QED) is 0.706. The Kier molecular flexibility index (Phi) is 5.56. The van der Waals surface area contributed by atoms with Crippen LogP contribution in [0.4, 0.5) is 0 Å². The van der Waals surface area contributed by atoms with E-state index >= 15 is 0 Å². The number of unbranched alkanes of at least 4 members (excludes halogenated alkanes) is 4. The Hall–Kier alpha value is -0.690. The molecule has 0 radical (unpaired) electrons. The summed E-state index contributed by atoms with van der Waals surface area (Å²) in [5.74, 6) is 0.197. The van der Waals surface area contributed by atoms with Gasteiger partial charge < -0.3 is 5.11 Å². The number of halogens is 1. The van der Waals surface area contributed by atoms with Crippen molar-refractivity contribution in [2.75, 3.05) is 0 Å². The standard InChI is InChI=1S/C13H19ClO/c1-2-3-4-5-6-8-11-9-7-10-12(15)13(11)14/h7,9-10,15H,2-6,8H2,1H3. The van der Waals surface area contributed by atoms with E-state index in [0.717, 1.165) is 18.4 Å². The zero-order valence-electron chi connectivity index (χ0n) is 9.30. The predicted octanol–water partition coefficient (Wildman–Crippen LogP) is 4.56. The molecule has 0 spiro atoms. The third-order valence-corrected chi connectivity index (χ3v) is 3.04. The average Bonchev–Trinajstić information content (AvgIpc) is 2.24. The fourth-order valence-corrected chi connectivity index (χ4v) is 1.90. The van der Waals surface area contributed by atoms with Crippen LogP contribution in [-0.4, -0.2) is 5.11 Å². The Morgan fingerprint density at radius 2 is 1.87 bits per heavy atom. The molecule has 1 aromatic carbocycles. The monoisotopic (exact) mass is 226 g/mol. The molecule has 1 nitrogen and oxygen atoms in total. The van der Waals surface area contributed by atoms with Gasteiger partial charge in [0.25, 0.3) is 0 Å². The number of hydrogen-bond acceptors (Lipinski definition) is 1. The predicted molar refractivity (Wildman–Crippen MR) is 65.6 cm³/mol. The van der Waals surface area contributed by atoms with Crippen LogP contribution in [0.15, 0.2) is 18.2 Å². The van der Waals surface area contributed by atoms with Crippen molar-refractivity contribution < 1.29 is 5.11 Å². The first-order valence-corrected chi connectivity index (χ1v) is 6.10. The zero-order valence-corrected chi connectivity index (χ0v) is 10.1. The van der Waals surface area contributed by atoms with Crippen LogP contribution in [0.3, 0.4) is 0 Å². The molecule has 1 aromatic rings. The molecule has 1 rings (SSSR count). The summed E-state index contributed by atoms with van der Waals surface area (Å²) in [4.78, 5) is 0. The molecule has 0 amide bonds. The number of aromatic hydroxyl groups is 1. The van der Waals surface area contributed by atoms with Crippen LogP contribution in [0.5, 0.6) is 5.75 Å². The van der Waals surface area contributed by atoms with Crippen LogP contribution in [0.25, 0.3) is 0 Å². The van der Waals surface area contributed by atoms with Crippen LogP contribution in [0.2, 0.25) is 5.02 Å². The Bertz CT molecular complexity index is 297. The number of phenolic OH excluding ortho intramolecular Hbond substituents is 1. The van der Waals surface area contributed by atoms with Gasteiger partial charge in [-0.2, -0.15) is 0 Å². The second-order valence-electron chi connectivity index (χ2n) is 3.91. The van der Waals surface area contributed by atoms with E-state index in [4.69, 9.17) is 11.6 Å². The molecule has 0 bridgehead atoms. The highest BCUT2D eigenvalue weighted by atomic mass is 35.5. The molecule has 1 N–H and O–H groups in total. The first-order valence-electron chi connectivity index (χ1n) is 5.72. The first kappa shape index (κ1) is 12.4. The summed E-state index contributed by atoms with van der Waals surface area (Å²) >= 11 is 5.98. The summed E-state index contributed by atoms with van der Waals surface area (Å²) in [5, 5.41) is 9.93. The molecule has 0 unspecified atom stereocenters. The third-order valence-electron chi connectivity index (χ3n) is 2.61. The smallest absolute Gasteiger partial charge is 0.134 e. The maximum absolute atomic E-state index is 9.41. The molecule has 0 fully saturated rings. The van der Waals surface area contributed by atoms with E-state index in [1.807, 2.05) is 12.1 Å². The Labute approximate surface area is 97.1 Å². The lowest BCUT2D eigenvalue weighted by Crippen LogP contribution is -1.87. The van der Waals surface area contributed by atoms with Crippen molar-refractivity contribution >= 4 is 11.6 Å². The van der Waals surface area contributed by atoms with Gasteiger partial charge in [0.15, 0.2) is 0 Å². The van der Waals surface area contributed by atoms with E-state index in [1.54, 1.807) is 6.07 Å². The van der Waals surface area contributed by atoms with Crippen LogP contribution in [0.1, 0.15) is 44.6 Å². The van der Waals surface area contributed by atoms with Gasteiger partial charge in [-0.15, -0.1) is 0 Å². The topological polar surface area (TPSA) is 20.2 Å². The maximum Gasteiger partial charge on any atom is 0.134 e. The van der Waals surface area contributed by atoms with Gasteiger partial charge in [-0.3, -0.25) is 0 Å². The fourth-order valence-electron chi connectivity index (χ4n) is 1.68. The molecule has 84 valence electrons. The SMILES string of the molecule is CCCCCCCc1cccc(O)c1Cl. The van der Waals surface area contributed by atoms with Crippen molar-refractivity contribution in [3.63, 3.8) is 0 Å². The van der Waals surface area contributed by atoms with Crippen molar-refractivity contribution in [1.82, 2.24) is 0 Å². The largest absolute Gasteiger partial charge is 0.506 e. The minimum Gasteiger partial charge on any atom is -0.506 e. The molecule has 0 aromatic heterocycles. The van der Waals surface area contributed by atoms with E-state index in [2.05, 4.69) is 6.92 Å². The number of phenols is 1. The fraction of sp³-hybridized carbons (Fsp3) is 0.538. The van der Waals surface area contributed by atoms with E-state index in [1.165, 1.54) is 25.7 Å². The lowest BCUT2D eigenvalue weighted by atomic mass is 10.1. The summed E-state index contributed by atoms with van der Waals surface area (Å²) in [6.07, 6.45) is 7.26. The van der Waals surface area contributed by atoms with Gasteiger partial charge in [0.1, 0.15) is 5.75 Å². The van der Waals surface area contributed by atoms with Crippen molar-refractivity contribution in [2.24, 2.45) is 0 Å². The van der Waals surface area contributed by atoms with Crippen LogP contribution >= 0.6 is 11.6 Å². The molecule has 0 heterocycles. The van der Waals surface area contributed by atoms with E-state index < -0.39 is 0 Å². The molecule has 2 heteroatoms. The van der Waals surface area contributed by atoms with Crippen molar-refractivity contribution in [2.45, 2.75) is 45.4 Å². The minimum absolute atomic E-state index is 0.197. The number of aryl methyl sites for hydroxylation is 1. The van der Waals surface area contributed by atoms with Crippen LogP contribution in [0, 0.1) is 0 Å². The lowest BCUT2D eigenvalue weighted by Gasteiger charge is -2.05. The van der Waals surface area contributed by atoms with Crippen LogP contribution in [-0.2, 0) is 6.42 Å². The van der Waals surface area contributed by atoms with Crippen molar-refractivity contribution in [1.29, 1.82) is 0 Å². The molecule has 0 aliphatic heterocycles. The van der Waals surface area contributed by atoms with Gasteiger partial charge in [-0.1, -0.05) is 56.3 Å². The number of hydrogen-bond donors (Lipinski definition) is 1. The van der Waals surface area contributed by atoms with Crippen LogP contribution < -0.4 is 0 Å². The van der Waals surface area contributed by atoms with Gasteiger partial charge in [0.2, 0.25) is 0 Å². The maximum atomic E-state index is 9.41. The Morgan fingerprint density at radius 1 is 1.13 bits per heavy atom. The third kappa shape index (κ3) is 4.13. The van der Waals surface area contributed by atoms with Gasteiger partial charge in [-0.25, -0.2) is 0 Å². The van der Waals surface area contributed by atoms with Gasteiger partial charge >= 0.3 is 0 Å². The van der Waals surface area contributed by atoms with Gasteiger partial charge in [0.05, 0.1) is 5.02 Å². The molecule has 15 heavy (non-hydrogen) atoms. The lowest BCUT2D eigenvalue weighted by molar-refractivity contribution is 0.474. The average molecular weight is 227 g/mol. The second kappa shape index (κ2) is 6.73. The second-order valence-corrected chi connectivity index (χ2v) is 4.29.